The molecule has 0 bridgehead atoms. The van der Waals surface area contributed by atoms with Crippen molar-refractivity contribution in [3.63, 3.8) is 0 Å². The molecule has 3 aromatic carbocycles. The molecule has 6 rings (SSSR count). The Hall–Kier alpha value is -5.19. The molecule has 10 heteroatoms. The number of benzene rings is 3. The summed E-state index contributed by atoms with van der Waals surface area (Å²) < 4.78 is 5.82. The van der Waals surface area contributed by atoms with Gasteiger partial charge in [0.1, 0.15) is 17.9 Å². The second kappa shape index (κ2) is 14.3. The standard InChI is InChI=1S/C36H39N7O3/c1-4-15-41-16-18-42(19-17-41)32-23-33(45-3)30(22-29(32)40-36(44)5-2)39-34-24-35(38-25-37-34)43-31(14-20-46-43)28-13-9-12-27(21-28)26-10-7-6-8-11-26/h4-13,21-25,31H,1-2,14-20H2,3H3,(H,40,44)(H,37,38,39). The third-order valence-electron chi connectivity index (χ3n) is 8.29. The molecular formula is C36H39N7O3. The van der Waals surface area contributed by atoms with Crippen LogP contribution in [0.5, 0.6) is 5.75 Å². The minimum absolute atomic E-state index is 0.00658. The van der Waals surface area contributed by atoms with E-state index in [9.17, 15) is 4.79 Å². The Bertz CT molecular complexity index is 1690. The van der Waals surface area contributed by atoms with Crippen LogP contribution >= 0.6 is 0 Å². The predicted molar refractivity (Wildman–Crippen MR) is 184 cm³/mol. The Morgan fingerprint density at radius 1 is 0.978 bits per heavy atom. The summed E-state index contributed by atoms with van der Waals surface area (Å²) in [5, 5.41) is 8.23. The van der Waals surface area contributed by atoms with E-state index in [1.807, 2.05) is 47.5 Å². The largest absolute Gasteiger partial charge is 0.494 e. The maximum atomic E-state index is 12.5. The highest BCUT2D eigenvalue weighted by Crippen LogP contribution is 2.40. The molecule has 3 heterocycles. The smallest absolute Gasteiger partial charge is 0.247 e. The van der Waals surface area contributed by atoms with E-state index < -0.39 is 0 Å². The van der Waals surface area contributed by atoms with Gasteiger partial charge < -0.3 is 20.3 Å². The van der Waals surface area contributed by atoms with Gasteiger partial charge in [-0.1, -0.05) is 61.2 Å². The molecule has 0 radical (unpaired) electrons. The summed E-state index contributed by atoms with van der Waals surface area (Å²) in [5.41, 5.74) is 5.66. The lowest BCUT2D eigenvalue weighted by atomic mass is 9.98. The Morgan fingerprint density at radius 2 is 1.78 bits per heavy atom. The third kappa shape index (κ3) is 6.88. The van der Waals surface area contributed by atoms with Crippen LogP contribution < -0.4 is 25.3 Å². The molecule has 46 heavy (non-hydrogen) atoms. The summed E-state index contributed by atoms with van der Waals surface area (Å²) in [4.78, 5) is 32.2. The average molecular weight is 618 g/mol. The summed E-state index contributed by atoms with van der Waals surface area (Å²) in [7, 11) is 1.63. The van der Waals surface area contributed by atoms with Crippen LogP contribution in [0.2, 0.25) is 0 Å². The van der Waals surface area contributed by atoms with Gasteiger partial charge in [0.2, 0.25) is 5.91 Å². The van der Waals surface area contributed by atoms with E-state index in [4.69, 9.17) is 9.57 Å². The van der Waals surface area contributed by atoms with E-state index >= 15 is 0 Å². The van der Waals surface area contributed by atoms with Gasteiger partial charge >= 0.3 is 0 Å². The first-order chi connectivity index (χ1) is 22.6. The number of aromatic nitrogens is 2. The first-order valence-electron chi connectivity index (χ1n) is 15.5. The van der Waals surface area contributed by atoms with E-state index in [1.165, 1.54) is 18.0 Å². The number of carbonyl (C=O) groups is 1. The molecule has 2 N–H and O–H groups in total. The number of rotatable bonds is 11. The second-order valence-corrected chi connectivity index (χ2v) is 11.2. The second-order valence-electron chi connectivity index (χ2n) is 11.2. The van der Waals surface area contributed by atoms with Crippen molar-refractivity contribution in [2.75, 3.05) is 67.0 Å². The van der Waals surface area contributed by atoms with Gasteiger partial charge in [0.25, 0.3) is 0 Å². The number of ether oxygens (including phenoxy) is 1. The van der Waals surface area contributed by atoms with Crippen molar-refractivity contribution < 1.29 is 14.4 Å². The van der Waals surface area contributed by atoms with E-state index in [0.29, 0.717) is 35.4 Å². The van der Waals surface area contributed by atoms with Gasteiger partial charge in [-0.3, -0.25) is 14.5 Å². The average Bonchev–Trinajstić information content (AvgIpc) is 3.60. The van der Waals surface area contributed by atoms with Crippen molar-refractivity contribution >= 4 is 34.6 Å². The zero-order chi connectivity index (χ0) is 31.9. The molecule has 1 amide bonds. The summed E-state index contributed by atoms with van der Waals surface area (Å²) in [6.07, 6.45) is 5.53. The minimum Gasteiger partial charge on any atom is -0.494 e. The molecule has 0 spiro atoms. The lowest BCUT2D eigenvalue weighted by molar-refractivity contribution is -0.111. The number of amides is 1. The lowest BCUT2D eigenvalue weighted by Gasteiger charge is -2.36. The first-order valence-corrected chi connectivity index (χ1v) is 15.5. The normalized spacial score (nSPS) is 16.6. The van der Waals surface area contributed by atoms with Gasteiger partial charge in [0.15, 0.2) is 5.82 Å². The van der Waals surface area contributed by atoms with Crippen LogP contribution in [-0.2, 0) is 9.63 Å². The SMILES string of the molecule is C=CCN1CCN(c2cc(OC)c(Nc3cc(N4OCCC4c4cccc(-c5ccccc5)c4)ncn3)cc2NC(=O)C=C)CC1. The zero-order valence-electron chi connectivity index (χ0n) is 26.1. The van der Waals surface area contributed by atoms with Crippen LogP contribution in [0.25, 0.3) is 11.1 Å². The lowest BCUT2D eigenvalue weighted by Crippen LogP contribution is -2.46. The van der Waals surface area contributed by atoms with Gasteiger partial charge in [-0.2, -0.15) is 0 Å². The zero-order valence-corrected chi connectivity index (χ0v) is 26.1. The van der Waals surface area contributed by atoms with E-state index in [-0.39, 0.29) is 11.9 Å². The van der Waals surface area contributed by atoms with Gasteiger partial charge in [0, 0.05) is 51.3 Å². The number of nitrogens with zero attached hydrogens (tertiary/aromatic N) is 5. The molecule has 2 aliphatic rings. The van der Waals surface area contributed by atoms with Gasteiger partial charge in [-0.15, -0.1) is 6.58 Å². The van der Waals surface area contributed by atoms with Crippen LogP contribution in [0.3, 0.4) is 0 Å². The number of anilines is 5. The fraction of sp³-hybridized carbons (Fsp3) is 0.250. The molecule has 2 aliphatic heterocycles. The number of hydroxylamine groups is 1. The monoisotopic (exact) mass is 617 g/mol. The van der Waals surface area contributed by atoms with Crippen molar-refractivity contribution in [3.8, 4) is 16.9 Å². The fourth-order valence-electron chi connectivity index (χ4n) is 5.96. The van der Waals surface area contributed by atoms with Crippen molar-refractivity contribution in [2.24, 2.45) is 0 Å². The van der Waals surface area contributed by atoms with Crippen LogP contribution in [0, 0.1) is 0 Å². The van der Waals surface area contributed by atoms with Crippen molar-refractivity contribution in [2.45, 2.75) is 12.5 Å². The maximum absolute atomic E-state index is 12.5. The molecular weight excluding hydrogens is 578 g/mol. The predicted octanol–water partition coefficient (Wildman–Crippen LogP) is 6.21. The maximum Gasteiger partial charge on any atom is 0.247 e. The molecule has 4 aromatic rings. The summed E-state index contributed by atoms with van der Waals surface area (Å²) in [6.45, 7) is 12.3. The van der Waals surface area contributed by atoms with E-state index in [1.54, 1.807) is 7.11 Å². The number of hydrogen-bond donors (Lipinski definition) is 2. The summed E-state index contributed by atoms with van der Waals surface area (Å²) in [5.74, 6) is 1.52. The number of methoxy groups -OCH3 is 1. The van der Waals surface area contributed by atoms with Gasteiger partial charge in [-0.25, -0.2) is 15.0 Å². The quantitative estimate of drug-likeness (QED) is 0.150. The van der Waals surface area contributed by atoms with Gasteiger partial charge in [-0.05, 0) is 34.9 Å². The molecule has 1 unspecified atom stereocenters. The topological polar surface area (TPSA) is 95.1 Å². The fourth-order valence-corrected chi connectivity index (χ4v) is 5.96. The van der Waals surface area contributed by atoms with Crippen LogP contribution in [0.15, 0.2) is 104 Å². The van der Waals surface area contributed by atoms with E-state index in [2.05, 4.69) is 80.0 Å². The molecule has 0 saturated carbocycles. The molecule has 10 nitrogen and oxygen atoms in total. The van der Waals surface area contributed by atoms with Crippen molar-refractivity contribution in [1.82, 2.24) is 14.9 Å². The Morgan fingerprint density at radius 3 is 2.54 bits per heavy atom. The van der Waals surface area contributed by atoms with Crippen molar-refractivity contribution in [3.05, 3.63) is 110 Å². The minimum atomic E-state index is -0.291. The number of piperazine rings is 1. The van der Waals surface area contributed by atoms with Gasteiger partial charge in [0.05, 0.1) is 36.8 Å². The highest BCUT2D eigenvalue weighted by atomic mass is 16.7. The van der Waals surface area contributed by atoms with Crippen LogP contribution in [0.1, 0.15) is 18.0 Å². The third-order valence-corrected chi connectivity index (χ3v) is 8.29. The Labute approximate surface area is 269 Å². The number of nitrogens with one attached hydrogen (secondary N) is 2. The first kappa shape index (κ1) is 30.8. The Balaban J connectivity index is 1.26. The molecule has 1 aromatic heterocycles. The van der Waals surface area contributed by atoms with Crippen LogP contribution in [0.4, 0.5) is 28.7 Å². The summed E-state index contributed by atoms with van der Waals surface area (Å²) >= 11 is 0. The number of hydrogen-bond acceptors (Lipinski definition) is 9. The van der Waals surface area contributed by atoms with Crippen molar-refractivity contribution in [1.29, 1.82) is 0 Å². The molecule has 2 fully saturated rings. The Kier molecular flexibility index (Phi) is 9.56. The number of carbonyl (C=O) groups excluding carboxylic acids is 1. The molecule has 236 valence electrons. The van der Waals surface area contributed by atoms with Crippen LogP contribution in [-0.4, -0.2) is 67.2 Å². The van der Waals surface area contributed by atoms with E-state index in [0.717, 1.165) is 56.0 Å². The highest BCUT2D eigenvalue weighted by Gasteiger charge is 2.30. The summed E-state index contributed by atoms with van der Waals surface area (Å²) in [6, 6.07) is 24.6. The molecule has 2 saturated heterocycles. The molecule has 0 aliphatic carbocycles. The highest BCUT2D eigenvalue weighted by molar-refractivity contribution is 6.02. The molecule has 1 atom stereocenters.